The van der Waals surface area contributed by atoms with Gasteiger partial charge in [-0.3, -0.25) is 4.68 Å². The van der Waals surface area contributed by atoms with Crippen molar-refractivity contribution in [3.8, 4) is 0 Å². The number of hydrogen-bond donors (Lipinski definition) is 1. The Morgan fingerprint density at radius 3 is 3.20 bits per heavy atom. The lowest BCUT2D eigenvalue weighted by Crippen LogP contribution is -2.40. The molecule has 1 aliphatic rings. The van der Waals surface area contributed by atoms with Gasteiger partial charge in [-0.2, -0.15) is 5.10 Å². The fourth-order valence-corrected chi connectivity index (χ4v) is 2.03. The van der Waals surface area contributed by atoms with Crippen LogP contribution >= 0.6 is 15.9 Å². The monoisotopic (exact) mass is 273 g/mol. The van der Waals surface area contributed by atoms with Crippen LogP contribution in [0.3, 0.4) is 0 Å². The van der Waals surface area contributed by atoms with Gasteiger partial charge in [0.25, 0.3) is 0 Å². The largest absolute Gasteiger partial charge is 0.445 e. The van der Waals surface area contributed by atoms with Crippen LogP contribution in [0.1, 0.15) is 18.0 Å². The van der Waals surface area contributed by atoms with Gasteiger partial charge in [0, 0.05) is 30.6 Å². The molecule has 1 unspecified atom stereocenters. The summed E-state index contributed by atoms with van der Waals surface area (Å²) in [5.41, 5.74) is 1.01. The number of amides is 1. The third-order valence-electron chi connectivity index (χ3n) is 2.36. The van der Waals surface area contributed by atoms with Crippen LogP contribution in [0.5, 0.6) is 0 Å². The van der Waals surface area contributed by atoms with E-state index in [-0.39, 0.29) is 18.2 Å². The Morgan fingerprint density at radius 2 is 2.60 bits per heavy atom. The molecule has 0 aromatic carbocycles. The molecule has 1 N–H and O–H groups in total. The molecule has 0 aliphatic carbocycles. The van der Waals surface area contributed by atoms with Gasteiger partial charge >= 0.3 is 6.09 Å². The van der Waals surface area contributed by atoms with Gasteiger partial charge in [-0.25, -0.2) is 4.79 Å². The second-order valence-corrected chi connectivity index (χ2v) is 4.21. The third kappa shape index (κ3) is 2.31. The maximum Gasteiger partial charge on any atom is 0.407 e. The molecule has 1 fully saturated rings. The minimum Gasteiger partial charge on any atom is -0.445 e. The molecule has 0 spiro atoms. The van der Waals surface area contributed by atoms with E-state index in [2.05, 4.69) is 26.3 Å². The van der Waals surface area contributed by atoms with Gasteiger partial charge in [-0.1, -0.05) is 15.9 Å². The van der Waals surface area contributed by atoms with Crippen molar-refractivity contribution in [1.82, 2.24) is 15.1 Å². The minimum absolute atomic E-state index is 0.00231. The van der Waals surface area contributed by atoms with Gasteiger partial charge in [0.2, 0.25) is 0 Å². The topological polar surface area (TPSA) is 56.1 Å². The van der Waals surface area contributed by atoms with E-state index in [0.29, 0.717) is 5.33 Å². The number of ether oxygens (including phenoxy) is 1. The number of carbonyl (C=O) groups is 1. The van der Waals surface area contributed by atoms with E-state index in [9.17, 15) is 4.79 Å². The molecule has 2 heterocycles. The number of rotatable bonds is 2. The molecule has 1 amide bonds. The Labute approximate surface area is 95.9 Å². The van der Waals surface area contributed by atoms with Gasteiger partial charge in [-0.15, -0.1) is 0 Å². The number of alkyl carbamates (subject to hydrolysis) is 1. The Bertz CT molecular complexity index is 366. The van der Waals surface area contributed by atoms with Gasteiger partial charge in [0.05, 0.1) is 12.2 Å². The molecule has 2 atom stereocenters. The molecule has 15 heavy (non-hydrogen) atoms. The molecule has 6 heteroatoms. The summed E-state index contributed by atoms with van der Waals surface area (Å²) in [4.78, 5) is 11.2. The van der Waals surface area contributed by atoms with Crippen molar-refractivity contribution in [2.75, 3.05) is 5.33 Å². The molecule has 0 bridgehead atoms. The fraction of sp³-hybridized carbons (Fsp3) is 0.556. The molecule has 1 saturated heterocycles. The Balaban J connectivity index is 2.12. The zero-order valence-corrected chi connectivity index (χ0v) is 9.90. The summed E-state index contributed by atoms with van der Waals surface area (Å²) >= 11 is 3.32. The molecule has 82 valence electrons. The van der Waals surface area contributed by atoms with E-state index in [0.717, 1.165) is 12.0 Å². The van der Waals surface area contributed by atoms with Crippen molar-refractivity contribution in [2.45, 2.75) is 18.6 Å². The number of aryl methyl sites for hydroxylation is 1. The lowest BCUT2D eigenvalue weighted by atomic mass is 10.0. The van der Waals surface area contributed by atoms with Gasteiger partial charge in [0.1, 0.15) is 6.10 Å². The van der Waals surface area contributed by atoms with E-state index in [4.69, 9.17) is 4.74 Å². The maximum absolute atomic E-state index is 11.2. The fourth-order valence-electron chi connectivity index (χ4n) is 1.63. The Kier molecular flexibility index (Phi) is 2.95. The number of nitrogens with zero attached hydrogens (tertiary/aromatic N) is 2. The average molecular weight is 274 g/mol. The number of alkyl halides is 1. The molecule has 1 aromatic rings. The van der Waals surface area contributed by atoms with Crippen LogP contribution in [0.4, 0.5) is 4.79 Å². The van der Waals surface area contributed by atoms with Gasteiger partial charge in [-0.05, 0) is 0 Å². The number of carbonyl (C=O) groups excluding carboxylic acids is 1. The first-order chi connectivity index (χ1) is 7.19. The highest BCUT2D eigenvalue weighted by Crippen LogP contribution is 2.24. The average Bonchev–Trinajstić information content (AvgIpc) is 2.64. The lowest BCUT2D eigenvalue weighted by Gasteiger charge is -2.28. The van der Waals surface area contributed by atoms with Crippen LogP contribution in [-0.4, -0.2) is 27.3 Å². The molecular weight excluding hydrogens is 262 g/mol. The van der Waals surface area contributed by atoms with E-state index in [1.165, 1.54) is 0 Å². The molecule has 1 aromatic heterocycles. The summed E-state index contributed by atoms with van der Waals surface area (Å²) in [5.74, 6) is 0. The highest BCUT2D eigenvalue weighted by Gasteiger charge is 2.28. The van der Waals surface area contributed by atoms with Crippen molar-refractivity contribution in [3.63, 3.8) is 0 Å². The smallest absolute Gasteiger partial charge is 0.407 e. The third-order valence-corrected chi connectivity index (χ3v) is 3.09. The highest BCUT2D eigenvalue weighted by atomic mass is 79.9. The molecule has 0 radical (unpaired) electrons. The number of halogens is 1. The molecule has 5 nitrogen and oxygen atoms in total. The highest BCUT2D eigenvalue weighted by molar-refractivity contribution is 9.09. The molecular formula is C9H12BrN3O2. The summed E-state index contributed by atoms with van der Waals surface area (Å²) in [6.07, 6.45) is 4.01. The zero-order valence-electron chi connectivity index (χ0n) is 8.31. The predicted molar refractivity (Wildman–Crippen MR) is 57.8 cm³/mol. The zero-order chi connectivity index (χ0) is 10.8. The van der Waals surface area contributed by atoms with Gasteiger partial charge < -0.3 is 10.1 Å². The van der Waals surface area contributed by atoms with Crippen LogP contribution in [0.2, 0.25) is 0 Å². The second kappa shape index (κ2) is 4.22. The van der Waals surface area contributed by atoms with Crippen molar-refractivity contribution in [2.24, 2.45) is 7.05 Å². The van der Waals surface area contributed by atoms with Crippen LogP contribution in [0.25, 0.3) is 0 Å². The van der Waals surface area contributed by atoms with Crippen molar-refractivity contribution < 1.29 is 9.53 Å². The number of cyclic esters (lactones) is 1. The van der Waals surface area contributed by atoms with Gasteiger partial charge in [0.15, 0.2) is 0 Å². The quantitative estimate of drug-likeness (QED) is 0.828. The van der Waals surface area contributed by atoms with Crippen LogP contribution in [-0.2, 0) is 11.8 Å². The van der Waals surface area contributed by atoms with E-state index in [1.807, 2.05) is 13.2 Å². The number of nitrogens with one attached hydrogen (secondary N) is 1. The Hall–Kier alpha value is -1.04. The van der Waals surface area contributed by atoms with E-state index >= 15 is 0 Å². The Morgan fingerprint density at radius 1 is 1.80 bits per heavy atom. The SMILES string of the molecule is Cn1cc([C@@H]2CC(CBr)OC(=O)N2)cn1. The summed E-state index contributed by atoms with van der Waals surface area (Å²) in [5, 5.41) is 7.52. The summed E-state index contributed by atoms with van der Waals surface area (Å²) in [6.45, 7) is 0. The summed E-state index contributed by atoms with van der Waals surface area (Å²) in [6, 6.07) is 0.00231. The summed E-state index contributed by atoms with van der Waals surface area (Å²) in [7, 11) is 1.85. The first kappa shape index (κ1) is 10.5. The maximum atomic E-state index is 11.2. The summed E-state index contributed by atoms with van der Waals surface area (Å²) < 4.78 is 6.79. The molecule has 2 rings (SSSR count). The normalized spacial score (nSPS) is 25.9. The second-order valence-electron chi connectivity index (χ2n) is 3.56. The van der Waals surface area contributed by atoms with Crippen molar-refractivity contribution >= 4 is 22.0 Å². The van der Waals surface area contributed by atoms with Crippen LogP contribution < -0.4 is 5.32 Å². The lowest BCUT2D eigenvalue weighted by molar-refractivity contribution is 0.0714. The standard InChI is InChI=1S/C9H12BrN3O2/c1-13-5-6(4-11-13)8-2-7(3-10)15-9(14)12-8/h4-5,7-8H,2-3H2,1H3,(H,12,14)/t7?,8-/m0/s1. The minimum atomic E-state index is -0.362. The molecule has 0 saturated carbocycles. The van der Waals surface area contributed by atoms with E-state index < -0.39 is 0 Å². The van der Waals surface area contributed by atoms with Crippen molar-refractivity contribution in [3.05, 3.63) is 18.0 Å². The predicted octanol–water partition coefficient (Wildman–Crippen LogP) is 1.35. The number of aromatic nitrogens is 2. The van der Waals surface area contributed by atoms with E-state index in [1.54, 1.807) is 10.9 Å². The van der Waals surface area contributed by atoms with Crippen LogP contribution in [0, 0.1) is 0 Å². The van der Waals surface area contributed by atoms with Crippen molar-refractivity contribution in [1.29, 1.82) is 0 Å². The number of hydrogen-bond acceptors (Lipinski definition) is 3. The molecule has 1 aliphatic heterocycles. The van der Waals surface area contributed by atoms with Crippen LogP contribution in [0.15, 0.2) is 12.4 Å². The first-order valence-corrected chi connectivity index (χ1v) is 5.83. The first-order valence-electron chi connectivity index (χ1n) is 4.70.